The van der Waals surface area contributed by atoms with E-state index >= 15 is 0 Å². The molecule has 1 amide bonds. The van der Waals surface area contributed by atoms with Crippen LogP contribution in [0.3, 0.4) is 0 Å². The average Bonchev–Trinajstić information content (AvgIpc) is 2.85. The predicted molar refractivity (Wildman–Crippen MR) is 132 cm³/mol. The summed E-state index contributed by atoms with van der Waals surface area (Å²) >= 11 is 0. The number of benzene rings is 2. The number of aliphatic hydroxyl groups is 1. The number of methoxy groups -OCH3 is 1. The molecule has 10 nitrogen and oxygen atoms in total. The Labute approximate surface area is 203 Å². The van der Waals surface area contributed by atoms with Gasteiger partial charge in [-0.15, -0.1) is 0 Å². The number of hydrogen-bond acceptors (Lipinski definition) is 9. The lowest BCUT2D eigenvalue weighted by molar-refractivity contribution is 0.0526. The third-order valence-electron chi connectivity index (χ3n) is 5.13. The fourth-order valence-corrected chi connectivity index (χ4v) is 3.41. The molecule has 0 spiro atoms. The molecule has 0 radical (unpaired) electrons. The highest BCUT2D eigenvalue weighted by molar-refractivity contribution is 5.97. The van der Waals surface area contributed by atoms with Gasteiger partial charge in [-0.05, 0) is 61.2 Å². The van der Waals surface area contributed by atoms with E-state index < -0.39 is 5.97 Å². The fraction of sp³-hybridized carbons (Fsp3) is 0.280. The molecule has 0 unspecified atom stereocenters. The summed E-state index contributed by atoms with van der Waals surface area (Å²) < 4.78 is 9.90. The molecule has 0 bridgehead atoms. The van der Waals surface area contributed by atoms with Crippen LogP contribution in [0.15, 0.2) is 48.7 Å². The normalized spacial score (nSPS) is 11.9. The molecule has 2 aromatic carbocycles. The van der Waals surface area contributed by atoms with E-state index in [1.165, 1.54) is 6.20 Å². The molecule has 5 N–H and O–H groups in total. The minimum atomic E-state index is -0.554. The zero-order valence-electron chi connectivity index (χ0n) is 19.7. The van der Waals surface area contributed by atoms with Gasteiger partial charge in [-0.3, -0.25) is 4.79 Å². The van der Waals surface area contributed by atoms with E-state index in [0.717, 1.165) is 29.0 Å². The predicted octanol–water partition coefficient (Wildman–Crippen LogP) is 2.50. The fourth-order valence-electron chi connectivity index (χ4n) is 3.41. The highest BCUT2D eigenvalue weighted by Crippen LogP contribution is 2.22. The Morgan fingerprint density at radius 3 is 2.80 bits per heavy atom. The van der Waals surface area contributed by atoms with Gasteiger partial charge in [-0.25, -0.2) is 9.78 Å². The van der Waals surface area contributed by atoms with E-state index in [9.17, 15) is 9.59 Å². The Kier molecular flexibility index (Phi) is 8.96. The number of carbonyl (C=O) groups excluding carboxylic acids is 2. The van der Waals surface area contributed by atoms with Crippen molar-refractivity contribution in [1.29, 1.82) is 0 Å². The summed E-state index contributed by atoms with van der Waals surface area (Å²) in [6.07, 6.45) is 2.78. The molecule has 1 aromatic heterocycles. The van der Waals surface area contributed by atoms with E-state index in [4.69, 9.17) is 20.3 Å². The molecule has 184 valence electrons. The summed E-state index contributed by atoms with van der Waals surface area (Å²) in [5.41, 5.74) is 9.39. The molecular formula is C25H29N5O5. The SMILES string of the molecule is CCOC(=O)c1cnc(Nc2ccc3c(c2)CCNC3=O)nc1N.COc1cccc(CCO)c1. The lowest BCUT2D eigenvalue weighted by Crippen LogP contribution is -2.31. The lowest BCUT2D eigenvalue weighted by Gasteiger charge is -2.17. The molecule has 0 atom stereocenters. The van der Waals surface area contributed by atoms with Crippen LogP contribution in [0.1, 0.15) is 38.8 Å². The van der Waals surface area contributed by atoms with Crippen LogP contribution in [0, 0.1) is 0 Å². The van der Waals surface area contributed by atoms with E-state index in [1.54, 1.807) is 26.2 Å². The second kappa shape index (κ2) is 12.3. The maximum atomic E-state index is 11.7. The van der Waals surface area contributed by atoms with Gasteiger partial charge >= 0.3 is 5.97 Å². The van der Waals surface area contributed by atoms with Crippen molar-refractivity contribution in [3.63, 3.8) is 0 Å². The number of aliphatic hydroxyl groups excluding tert-OH is 1. The van der Waals surface area contributed by atoms with E-state index in [2.05, 4.69) is 20.6 Å². The van der Waals surface area contributed by atoms with Crippen molar-refractivity contribution in [2.24, 2.45) is 0 Å². The molecule has 0 saturated heterocycles. The summed E-state index contributed by atoms with van der Waals surface area (Å²) in [6.45, 7) is 2.77. The van der Waals surface area contributed by atoms with Crippen molar-refractivity contribution in [2.45, 2.75) is 19.8 Å². The Hall–Kier alpha value is -4.18. The summed E-state index contributed by atoms with van der Waals surface area (Å²) in [6, 6.07) is 13.1. The van der Waals surface area contributed by atoms with Crippen molar-refractivity contribution < 1.29 is 24.2 Å². The van der Waals surface area contributed by atoms with Crippen LogP contribution < -0.4 is 21.1 Å². The summed E-state index contributed by atoms with van der Waals surface area (Å²) in [4.78, 5) is 31.6. The number of amides is 1. The molecule has 1 aliphatic heterocycles. The quantitative estimate of drug-likeness (QED) is 0.375. The first-order chi connectivity index (χ1) is 16.9. The van der Waals surface area contributed by atoms with E-state index in [1.807, 2.05) is 30.3 Å². The highest BCUT2D eigenvalue weighted by atomic mass is 16.5. The standard InChI is InChI=1S/C16H17N5O3.C9H12O2/c1-2-24-15(23)12-8-19-16(21-13(12)17)20-10-3-4-11-9(7-10)5-6-18-14(11)22;1-11-9-4-2-3-8(7-9)5-6-10/h3-4,7-8H,2,5-6H2,1H3,(H,18,22)(H3,17,19,20,21);2-4,7,10H,5-6H2,1H3. The Morgan fingerprint density at radius 1 is 1.26 bits per heavy atom. The first kappa shape index (κ1) is 25.4. The molecule has 4 rings (SSSR count). The molecule has 0 saturated carbocycles. The van der Waals surface area contributed by atoms with Crippen molar-refractivity contribution in [3.05, 3.63) is 70.9 Å². The van der Waals surface area contributed by atoms with Gasteiger partial charge in [0.1, 0.15) is 17.1 Å². The Morgan fingerprint density at radius 2 is 2.09 bits per heavy atom. The minimum Gasteiger partial charge on any atom is -0.497 e. The Bertz CT molecular complexity index is 1180. The molecule has 1 aliphatic rings. The first-order valence-electron chi connectivity index (χ1n) is 11.2. The number of carbonyl (C=O) groups is 2. The number of nitrogens with one attached hydrogen (secondary N) is 2. The van der Waals surface area contributed by atoms with Crippen LogP contribution >= 0.6 is 0 Å². The molecular weight excluding hydrogens is 450 g/mol. The Balaban J connectivity index is 0.000000261. The van der Waals surface area contributed by atoms with Crippen LogP contribution in [-0.4, -0.2) is 53.8 Å². The van der Waals surface area contributed by atoms with Gasteiger partial charge in [0, 0.05) is 30.6 Å². The third-order valence-corrected chi connectivity index (χ3v) is 5.13. The lowest BCUT2D eigenvalue weighted by atomic mass is 10.00. The number of ether oxygens (including phenoxy) is 2. The molecule has 0 fully saturated rings. The number of nitrogens with two attached hydrogens (primary N) is 1. The number of hydrogen-bond donors (Lipinski definition) is 4. The summed E-state index contributed by atoms with van der Waals surface area (Å²) in [5, 5.41) is 14.5. The van der Waals surface area contributed by atoms with Gasteiger partial charge < -0.3 is 30.9 Å². The molecule has 10 heteroatoms. The van der Waals surface area contributed by atoms with Gasteiger partial charge in [-0.2, -0.15) is 4.98 Å². The van der Waals surface area contributed by atoms with Gasteiger partial charge in [0.15, 0.2) is 0 Å². The van der Waals surface area contributed by atoms with Crippen molar-refractivity contribution in [3.8, 4) is 5.75 Å². The number of esters is 1. The average molecular weight is 480 g/mol. The van der Waals surface area contributed by atoms with E-state index in [0.29, 0.717) is 18.5 Å². The van der Waals surface area contributed by atoms with Crippen LogP contribution in [0.25, 0.3) is 0 Å². The number of nitrogens with zero attached hydrogens (tertiary/aromatic N) is 2. The minimum absolute atomic E-state index is 0.0447. The van der Waals surface area contributed by atoms with E-state index in [-0.39, 0.29) is 36.5 Å². The van der Waals surface area contributed by atoms with Gasteiger partial charge in [0.2, 0.25) is 5.95 Å². The third kappa shape index (κ3) is 6.90. The van der Waals surface area contributed by atoms with Crippen LogP contribution in [-0.2, 0) is 17.6 Å². The number of anilines is 3. The number of nitrogen functional groups attached to an aromatic ring is 1. The number of aromatic nitrogens is 2. The monoisotopic (exact) mass is 479 g/mol. The number of fused-ring (bicyclic) bond motifs is 1. The summed E-state index contributed by atoms with van der Waals surface area (Å²) in [7, 11) is 1.64. The van der Waals surface area contributed by atoms with Gasteiger partial charge in [0.25, 0.3) is 5.91 Å². The van der Waals surface area contributed by atoms with Gasteiger partial charge in [-0.1, -0.05) is 12.1 Å². The highest BCUT2D eigenvalue weighted by Gasteiger charge is 2.17. The largest absolute Gasteiger partial charge is 0.497 e. The van der Waals surface area contributed by atoms with Crippen molar-refractivity contribution in [1.82, 2.24) is 15.3 Å². The zero-order chi connectivity index (χ0) is 25.2. The molecule has 35 heavy (non-hydrogen) atoms. The zero-order valence-corrected chi connectivity index (χ0v) is 19.7. The smallest absolute Gasteiger partial charge is 0.343 e. The van der Waals surface area contributed by atoms with Crippen LogP contribution in [0.2, 0.25) is 0 Å². The first-order valence-corrected chi connectivity index (χ1v) is 11.2. The second-order valence-corrected chi connectivity index (χ2v) is 7.54. The molecule has 2 heterocycles. The van der Waals surface area contributed by atoms with Crippen LogP contribution in [0.4, 0.5) is 17.5 Å². The summed E-state index contributed by atoms with van der Waals surface area (Å²) in [5.74, 6) is 0.531. The topological polar surface area (TPSA) is 149 Å². The molecule has 3 aromatic rings. The maximum Gasteiger partial charge on any atom is 0.343 e. The van der Waals surface area contributed by atoms with Crippen molar-refractivity contribution in [2.75, 3.05) is 37.9 Å². The van der Waals surface area contributed by atoms with Crippen molar-refractivity contribution >= 4 is 29.3 Å². The number of rotatable bonds is 7. The second-order valence-electron chi connectivity index (χ2n) is 7.54. The molecule has 0 aliphatic carbocycles. The van der Waals surface area contributed by atoms with Crippen LogP contribution in [0.5, 0.6) is 5.75 Å². The van der Waals surface area contributed by atoms with Gasteiger partial charge in [0.05, 0.1) is 13.7 Å². The maximum absolute atomic E-state index is 11.7.